The molecule has 2 N–H and O–H groups in total. The molecule has 0 saturated heterocycles. The van der Waals surface area contributed by atoms with Gasteiger partial charge in [-0.25, -0.2) is 9.18 Å². The van der Waals surface area contributed by atoms with Crippen LogP contribution in [0.1, 0.15) is 16.7 Å². The van der Waals surface area contributed by atoms with Gasteiger partial charge in [-0.15, -0.1) is 0 Å². The summed E-state index contributed by atoms with van der Waals surface area (Å²) in [6.07, 6.45) is -0.273. The molecule has 0 fully saturated rings. The number of rotatable bonds is 11. The summed E-state index contributed by atoms with van der Waals surface area (Å²) in [6, 6.07) is 32.3. The van der Waals surface area contributed by atoms with Gasteiger partial charge in [0.15, 0.2) is 0 Å². The number of hydrogen-bond acceptors (Lipinski definition) is 6. The van der Waals surface area contributed by atoms with Gasteiger partial charge in [0.05, 0.1) is 23.1 Å². The molecule has 0 bridgehead atoms. The Balaban J connectivity index is 1.34. The lowest BCUT2D eigenvalue weighted by atomic mass is 10.1. The largest absolute Gasteiger partial charge is 0.481 e. The monoisotopic (exact) mass is 604 g/mol. The molecule has 6 aromatic rings. The maximum absolute atomic E-state index is 14.7. The molecule has 4 aromatic carbocycles. The lowest BCUT2D eigenvalue weighted by molar-refractivity contribution is -0.136. The van der Waals surface area contributed by atoms with Crippen molar-refractivity contribution < 1.29 is 23.8 Å². The molecule has 45 heavy (non-hydrogen) atoms. The SMILES string of the molecule is Cn1c(=O)n(-c2ccc(OCc3ccccc3)nc2OCc2ccccc2)c2ccc(Nc3ccc(CC(=O)O)cc3F)cc21. The molecule has 226 valence electrons. The van der Waals surface area contributed by atoms with Gasteiger partial charge in [0.1, 0.15) is 24.7 Å². The summed E-state index contributed by atoms with van der Waals surface area (Å²) in [5.41, 5.74) is 4.30. The third kappa shape index (κ3) is 6.54. The minimum absolute atomic E-state index is 0.180. The molecule has 2 heterocycles. The maximum atomic E-state index is 14.7. The summed E-state index contributed by atoms with van der Waals surface area (Å²) in [5, 5.41) is 12.0. The topological polar surface area (TPSA) is 108 Å². The van der Waals surface area contributed by atoms with Gasteiger partial charge < -0.3 is 19.9 Å². The van der Waals surface area contributed by atoms with Gasteiger partial charge in [-0.3, -0.25) is 13.9 Å². The first-order valence-electron chi connectivity index (χ1n) is 14.2. The summed E-state index contributed by atoms with van der Waals surface area (Å²) < 4.78 is 29.9. The molecule has 0 aliphatic rings. The van der Waals surface area contributed by atoms with Crippen molar-refractivity contribution in [2.45, 2.75) is 19.6 Å². The van der Waals surface area contributed by atoms with Crippen LogP contribution in [0.15, 0.2) is 114 Å². The summed E-state index contributed by atoms with van der Waals surface area (Å²) >= 11 is 0. The molecule has 6 rings (SSSR count). The van der Waals surface area contributed by atoms with Crippen molar-refractivity contribution in [3.05, 3.63) is 142 Å². The van der Waals surface area contributed by atoms with Crippen molar-refractivity contribution in [2.75, 3.05) is 5.32 Å². The summed E-state index contributed by atoms with van der Waals surface area (Å²) in [4.78, 5) is 29.3. The van der Waals surface area contributed by atoms with Crippen LogP contribution in [0, 0.1) is 5.82 Å². The first kappa shape index (κ1) is 29.2. The molecule has 0 radical (unpaired) electrons. The highest BCUT2D eigenvalue weighted by Gasteiger charge is 2.19. The van der Waals surface area contributed by atoms with Gasteiger partial charge in [-0.1, -0.05) is 66.7 Å². The number of aliphatic carboxylic acids is 1. The Labute approximate surface area is 257 Å². The van der Waals surface area contributed by atoms with Gasteiger partial charge in [0.2, 0.25) is 11.8 Å². The second kappa shape index (κ2) is 12.8. The molecule has 0 unspecified atom stereocenters. The number of nitrogens with zero attached hydrogens (tertiary/aromatic N) is 3. The van der Waals surface area contributed by atoms with E-state index in [9.17, 15) is 14.0 Å². The number of nitrogens with one attached hydrogen (secondary N) is 1. The highest BCUT2D eigenvalue weighted by Crippen LogP contribution is 2.30. The number of anilines is 2. The van der Waals surface area contributed by atoms with Gasteiger partial charge in [0, 0.05) is 18.8 Å². The van der Waals surface area contributed by atoms with E-state index in [1.807, 2.05) is 60.7 Å². The smallest absolute Gasteiger partial charge is 0.333 e. The number of pyridine rings is 1. The van der Waals surface area contributed by atoms with Gasteiger partial charge in [0.25, 0.3) is 0 Å². The number of benzene rings is 4. The van der Waals surface area contributed by atoms with Crippen LogP contribution in [0.25, 0.3) is 16.7 Å². The van der Waals surface area contributed by atoms with Crippen molar-refractivity contribution in [1.29, 1.82) is 0 Å². The fourth-order valence-electron chi connectivity index (χ4n) is 4.98. The molecule has 10 heteroatoms. The first-order chi connectivity index (χ1) is 21.9. The molecule has 0 spiro atoms. The second-order valence-corrected chi connectivity index (χ2v) is 10.4. The number of ether oxygens (including phenoxy) is 2. The van der Waals surface area contributed by atoms with Crippen molar-refractivity contribution in [2.24, 2.45) is 7.05 Å². The maximum Gasteiger partial charge on any atom is 0.333 e. The Morgan fingerprint density at radius 1 is 0.822 bits per heavy atom. The summed E-state index contributed by atoms with van der Waals surface area (Å²) in [6.45, 7) is 0.547. The normalized spacial score (nSPS) is 11.0. The van der Waals surface area contributed by atoms with Crippen molar-refractivity contribution in [1.82, 2.24) is 14.1 Å². The van der Waals surface area contributed by atoms with Crippen LogP contribution in [0.4, 0.5) is 15.8 Å². The quantitative estimate of drug-likeness (QED) is 0.176. The van der Waals surface area contributed by atoms with Crippen LogP contribution in [0.5, 0.6) is 11.8 Å². The molecule has 0 saturated carbocycles. The van der Waals surface area contributed by atoms with E-state index in [1.54, 1.807) is 43.4 Å². The lowest BCUT2D eigenvalue weighted by Gasteiger charge is -2.14. The van der Waals surface area contributed by atoms with Gasteiger partial charge >= 0.3 is 11.7 Å². The fourth-order valence-corrected chi connectivity index (χ4v) is 4.98. The number of carboxylic acid groups (broad SMARTS) is 1. The molecular weight excluding hydrogens is 575 g/mol. The summed E-state index contributed by atoms with van der Waals surface area (Å²) in [7, 11) is 1.65. The number of imidazole rings is 1. The standard InChI is InChI=1S/C35H29FN4O5/c1-39-31-20-26(37-28-14-12-25(18-27(28)36)19-33(41)42)13-15-29(31)40(35(39)43)30-16-17-32(44-21-23-8-4-2-5-9-23)38-34(30)45-22-24-10-6-3-7-11-24/h2-18,20,37H,19,21-22H2,1H3,(H,41,42). The number of aromatic nitrogens is 3. The number of hydrogen-bond donors (Lipinski definition) is 2. The zero-order chi connectivity index (χ0) is 31.3. The zero-order valence-corrected chi connectivity index (χ0v) is 24.3. The highest BCUT2D eigenvalue weighted by atomic mass is 19.1. The Hall–Kier alpha value is -5.90. The molecule has 9 nitrogen and oxygen atoms in total. The van der Waals surface area contributed by atoms with Crippen LogP contribution >= 0.6 is 0 Å². The highest BCUT2D eigenvalue weighted by molar-refractivity contribution is 5.83. The second-order valence-electron chi connectivity index (χ2n) is 10.4. The number of fused-ring (bicyclic) bond motifs is 1. The molecule has 0 aliphatic heterocycles. The van der Waals surface area contributed by atoms with E-state index < -0.39 is 11.8 Å². The first-order valence-corrected chi connectivity index (χ1v) is 14.2. The van der Waals surface area contributed by atoms with Gasteiger partial charge in [-0.05, 0) is 53.1 Å². The van der Waals surface area contributed by atoms with Crippen molar-refractivity contribution >= 4 is 28.4 Å². The minimum atomic E-state index is -1.04. The van der Waals surface area contributed by atoms with E-state index in [0.717, 1.165) is 11.1 Å². The predicted molar refractivity (Wildman–Crippen MR) is 169 cm³/mol. The molecular formula is C35H29FN4O5. The Morgan fingerprint density at radius 3 is 2.18 bits per heavy atom. The molecule has 0 aliphatic carbocycles. The predicted octanol–water partition coefficient (Wildman–Crippen LogP) is 6.39. The van der Waals surface area contributed by atoms with E-state index in [4.69, 9.17) is 14.6 Å². The average Bonchev–Trinajstić information content (AvgIpc) is 3.29. The Kier molecular flexibility index (Phi) is 8.28. The number of halogens is 1. The van der Waals surface area contributed by atoms with E-state index in [1.165, 1.54) is 21.3 Å². The van der Waals surface area contributed by atoms with Crippen LogP contribution in [-0.2, 0) is 31.5 Å². The van der Waals surface area contributed by atoms with E-state index in [0.29, 0.717) is 40.5 Å². The third-order valence-electron chi connectivity index (χ3n) is 7.23. The number of carboxylic acids is 1. The Bertz CT molecular complexity index is 2040. The van der Waals surface area contributed by atoms with E-state index in [-0.39, 0.29) is 30.3 Å². The van der Waals surface area contributed by atoms with Crippen LogP contribution < -0.4 is 20.5 Å². The molecule has 0 atom stereocenters. The molecule has 0 amide bonds. The third-order valence-corrected chi connectivity index (χ3v) is 7.23. The van der Waals surface area contributed by atoms with Gasteiger partial charge in [-0.2, -0.15) is 4.98 Å². The Morgan fingerprint density at radius 2 is 1.51 bits per heavy atom. The van der Waals surface area contributed by atoms with E-state index in [2.05, 4.69) is 10.3 Å². The minimum Gasteiger partial charge on any atom is -0.481 e. The fraction of sp³-hybridized carbons (Fsp3) is 0.114. The van der Waals surface area contributed by atoms with Crippen molar-refractivity contribution in [3.8, 4) is 17.4 Å². The lowest BCUT2D eigenvalue weighted by Crippen LogP contribution is -2.21. The number of aryl methyl sites for hydroxylation is 1. The number of carbonyl (C=O) groups is 1. The summed E-state index contributed by atoms with van der Waals surface area (Å²) in [5.74, 6) is -1.04. The van der Waals surface area contributed by atoms with Crippen LogP contribution in [0.2, 0.25) is 0 Å². The van der Waals surface area contributed by atoms with Crippen LogP contribution in [-0.4, -0.2) is 25.2 Å². The zero-order valence-electron chi connectivity index (χ0n) is 24.3. The average molecular weight is 605 g/mol. The van der Waals surface area contributed by atoms with Crippen molar-refractivity contribution in [3.63, 3.8) is 0 Å². The van der Waals surface area contributed by atoms with E-state index >= 15 is 0 Å². The van der Waals surface area contributed by atoms with Crippen LogP contribution in [0.3, 0.4) is 0 Å². The molecule has 2 aromatic heterocycles.